The fourth-order valence-electron chi connectivity index (χ4n) is 2.15. The van der Waals surface area contributed by atoms with Crippen molar-refractivity contribution in [3.63, 3.8) is 0 Å². The summed E-state index contributed by atoms with van der Waals surface area (Å²) in [6.07, 6.45) is 0.940. The molecule has 18 heavy (non-hydrogen) atoms. The zero-order valence-electron chi connectivity index (χ0n) is 12.2. The van der Waals surface area contributed by atoms with E-state index in [1.165, 1.54) is 0 Å². The van der Waals surface area contributed by atoms with E-state index in [0.29, 0.717) is 11.8 Å². The molecule has 1 N–H and O–H groups in total. The number of carbonyl (C=O) groups is 1. The molecule has 1 aromatic rings. The van der Waals surface area contributed by atoms with E-state index in [9.17, 15) is 4.79 Å². The van der Waals surface area contributed by atoms with E-state index in [0.717, 1.165) is 17.7 Å². The second kappa shape index (κ2) is 6.58. The van der Waals surface area contributed by atoms with Gasteiger partial charge in [0.2, 0.25) is 5.91 Å². The molecule has 1 aromatic carbocycles. The highest BCUT2D eigenvalue weighted by molar-refractivity contribution is 5.92. The van der Waals surface area contributed by atoms with E-state index in [1.807, 2.05) is 31.2 Å². The molecule has 0 fully saturated rings. The lowest BCUT2D eigenvalue weighted by atomic mass is 9.87. The molecule has 0 spiro atoms. The Kier molecular flexibility index (Phi) is 5.39. The van der Waals surface area contributed by atoms with Crippen molar-refractivity contribution in [3.05, 3.63) is 29.8 Å². The number of anilines is 1. The second-order valence-electron chi connectivity index (χ2n) is 5.84. The highest BCUT2D eigenvalue weighted by atomic mass is 16.1. The van der Waals surface area contributed by atoms with E-state index in [1.54, 1.807) is 0 Å². The van der Waals surface area contributed by atoms with Crippen LogP contribution in [0, 0.1) is 24.7 Å². The topological polar surface area (TPSA) is 29.1 Å². The number of hydrogen-bond donors (Lipinski definition) is 1. The molecule has 1 amide bonds. The molecule has 0 aliphatic rings. The van der Waals surface area contributed by atoms with Gasteiger partial charge in [0.1, 0.15) is 0 Å². The molecule has 2 nitrogen and oxygen atoms in total. The molecule has 0 bridgehead atoms. The summed E-state index contributed by atoms with van der Waals surface area (Å²) in [6, 6.07) is 7.95. The van der Waals surface area contributed by atoms with Crippen molar-refractivity contribution in [2.45, 2.75) is 41.0 Å². The Balaban J connectivity index is 2.72. The Hall–Kier alpha value is -1.31. The Morgan fingerprint density at radius 3 is 2.39 bits per heavy atom. The molecule has 0 saturated carbocycles. The largest absolute Gasteiger partial charge is 0.326 e. The summed E-state index contributed by atoms with van der Waals surface area (Å²) < 4.78 is 0. The fraction of sp³-hybridized carbons (Fsp3) is 0.562. The number of carbonyl (C=O) groups excluding carboxylic acids is 1. The van der Waals surface area contributed by atoms with Crippen molar-refractivity contribution < 1.29 is 4.79 Å². The fourth-order valence-corrected chi connectivity index (χ4v) is 2.15. The van der Waals surface area contributed by atoms with Crippen molar-refractivity contribution in [1.29, 1.82) is 0 Å². The number of aryl methyl sites for hydroxylation is 1. The zero-order chi connectivity index (χ0) is 13.7. The number of benzene rings is 1. The van der Waals surface area contributed by atoms with Crippen LogP contribution >= 0.6 is 0 Å². The van der Waals surface area contributed by atoms with Crippen LogP contribution in [0.4, 0.5) is 5.69 Å². The quantitative estimate of drug-likeness (QED) is 0.828. The Bertz CT molecular complexity index is 396. The Morgan fingerprint density at radius 2 is 1.89 bits per heavy atom. The van der Waals surface area contributed by atoms with Crippen LogP contribution in [-0.2, 0) is 4.79 Å². The summed E-state index contributed by atoms with van der Waals surface area (Å²) in [5.41, 5.74) is 2.06. The van der Waals surface area contributed by atoms with Crippen molar-refractivity contribution in [1.82, 2.24) is 0 Å². The lowest BCUT2D eigenvalue weighted by molar-refractivity contribution is -0.121. The minimum absolute atomic E-state index is 0.0884. The summed E-state index contributed by atoms with van der Waals surface area (Å²) in [7, 11) is 0. The first-order chi connectivity index (χ1) is 8.40. The van der Waals surface area contributed by atoms with Gasteiger partial charge in [-0.1, -0.05) is 39.8 Å². The molecule has 1 unspecified atom stereocenters. The maximum atomic E-state index is 12.3. The van der Waals surface area contributed by atoms with Gasteiger partial charge in [-0.25, -0.2) is 0 Å². The third-order valence-corrected chi connectivity index (χ3v) is 3.15. The van der Waals surface area contributed by atoms with E-state index in [4.69, 9.17) is 0 Å². The first kappa shape index (κ1) is 14.7. The van der Waals surface area contributed by atoms with Gasteiger partial charge in [0, 0.05) is 11.6 Å². The maximum Gasteiger partial charge on any atom is 0.227 e. The first-order valence-electron chi connectivity index (χ1n) is 6.77. The summed E-state index contributed by atoms with van der Waals surface area (Å²) in [5.74, 6) is 1.15. The highest BCUT2D eigenvalue weighted by Crippen LogP contribution is 2.22. The minimum atomic E-state index is 0.0884. The molecule has 0 saturated heterocycles. The van der Waals surface area contributed by atoms with Gasteiger partial charge in [0.05, 0.1) is 0 Å². The molecule has 100 valence electrons. The normalized spacial score (nSPS) is 12.8. The van der Waals surface area contributed by atoms with E-state index < -0.39 is 0 Å². The van der Waals surface area contributed by atoms with Crippen LogP contribution in [0.2, 0.25) is 0 Å². The number of rotatable bonds is 5. The van der Waals surface area contributed by atoms with Gasteiger partial charge in [0.15, 0.2) is 0 Å². The van der Waals surface area contributed by atoms with Crippen LogP contribution in [0.15, 0.2) is 24.3 Å². The van der Waals surface area contributed by atoms with Crippen molar-refractivity contribution in [2.75, 3.05) is 5.32 Å². The minimum Gasteiger partial charge on any atom is -0.326 e. The molecular formula is C16H25NO. The first-order valence-corrected chi connectivity index (χ1v) is 6.77. The maximum absolute atomic E-state index is 12.3. The molecule has 1 rings (SSSR count). The Labute approximate surface area is 111 Å². The van der Waals surface area contributed by atoms with Crippen molar-refractivity contribution >= 4 is 11.6 Å². The van der Waals surface area contributed by atoms with Crippen LogP contribution in [0.1, 0.15) is 39.7 Å². The lowest BCUT2D eigenvalue weighted by Crippen LogP contribution is -2.28. The average molecular weight is 247 g/mol. The molecular weight excluding hydrogens is 222 g/mol. The van der Waals surface area contributed by atoms with Gasteiger partial charge in [-0.3, -0.25) is 4.79 Å². The van der Waals surface area contributed by atoms with Gasteiger partial charge in [0.25, 0.3) is 0 Å². The van der Waals surface area contributed by atoms with E-state index in [2.05, 4.69) is 33.0 Å². The molecule has 0 aliphatic heterocycles. The van der Waals surface area contributed by atoms with Crippen LogP contribution < -0.4 is 5.32 Å². The van der Waals surface area contributed by atoms with Gasteiger partial charge < -0.3 is 5.32 Å². The smallest absolute Gasteiger partial charge is 0.227 e. The predicted octanol–water partition coefficient (Wildman–Crippen LogP) is 4.25. The molecule has 0 aromatic heterocycles. The third kappa shape index (κ3) is 4.52. The van der Waals surface area contributed by atoms with E-state index >= 15 is 0 Å². The summed E-state index contributed by atoms with van der Waals surface area (Å²) in [5, 5.41) is 3.03. The van der Waals surface area contributed by atoms with Gasteiger partial charge in [-0.2, -0.15) is 0 Å². The molecule has 0 aliphatic carbocycles. The monoisotopic (exact) mass is 247 g/mol. The van der Waals surface area contributed by atoms with Crippen molar-refractivity contribution in [2.24, 2.45) is 17.8 Å². The van der Waals surface area contributed by atoms with Gasteiger partial charge >= 0.3 is 0 Å². The van der Waals surface area contributed by atoms with Gasteiger partial charge in [-0.05, 0) is 42.9 Å². The van der Waals surface area contributed by atoms with Gasteiger partial charge in [-0.15, -0.1) is 0 Å². The number of amides is 1. The number of hydrogen-bond acceptors (Lipinski definition) is 1. The molecule has 1 atom stereocenters. The van der Waals surface area contributed by atoms with Crippen LogP contribution in [-0.4, -0.2) is 5.91 Å². The van der Waals surface area contributed by atoms with Crippen LogP contribution in [0.25, 0.3) is 0 Å². The zero-order valence-corrected chi connectivity index (χ0v) is 12.2. The number of nitrogens with one attached hydrogen (secondary N) is 1. The third-order valence-electron chi connectivity index (χ3n) is 3.15. The SMILES string of the molecule is Cc1cccc(NC(=O)C(CC(C)C)C(C)C)c1. The van der Waals surface area contributed by atoms with Crippen LogP contribution in [0.5, 0.6) is 0 Å². The van der Waals surface area contributed by atoms with E-state index in [-0.39, 0.29) is 11.8 Å². The summed E-state index contributed by atoms with van der Waals surface area (Å²) in [4.78, 5) is 12.3. The standard InChI is InChI=1S/C16H25NO/c1-11(2)9-15(12(3)4)16(18)17-14-8-6-7-13(5)10-14/h6-8,10-12,15H,9H2,1-5H3,(H,17,18). The Morgan fingerprint density at radius 1 is 1.22 bits per heavy atom. The predicted molar refractivity (Wildman–Crippen MR) is 77.6 cm³/mol. The second-order valence-corrected chi connectivity index (χ2v) is 5.84. The summed E-state index contributed by atoms with van der Waals surface area (Å²) in [6.45, 7) is 10.6. The molecule has 0 heterocycles. The lowest BCUT2D eigenvalue weighted by Gasteiger charge is -2.22. The van der Waals surface area contributed by atoms with Crippen LogP contribution in [0.3, 0.4) is 0 Å². The average Bonchev–Trinajstić information content (AvgIpc) is 2.25. The van der Waals surface area contributed by atoms with Crippen molar-refractivity contribution in [3.8, 4) is 0 Å². The molecule has 0 radical (unpaired) electrons. The summed E-state index contributed by atoms with van der Waals surface area (Å²) >= 11 is 0. The highest BCUT2D eigenvalue weighted by Gasteiger charge is 2.23. The molecule has 2 heteroatoms.